The fraction of sp³-hybridized carbons (Fsp3) is 0. The summed E-state index contributed by atoms with van der Waals surface area (Å²) in [5.74, 6) is 0.936. The van der Waals surface area contributed by atoms with Crippen LogP contribution in [0.5, 0.6) is 0 Å². The van der Waals surface area contributed by atoms with Crippen LogP contribution in [0.15, 0.2) is 127 Å². The van der Waals surface area contributed by atoms with Crippen LogP contribution >= 0.6 is 0 Å². The molecule has 0 aliphatic heterocycles. The summed E-state index contributed by atoms with van der Waals surface area (Å²) in [4.78, 5) is 5.07. The van der Waals surface area contributed by atoms with E-state index >= 15 is 0 Å². The van der Waals surface area contributed by atoms with Gasteiger partial charge < -0.3 is 4.57 Å². The zero-order valence-corrected chi connectivity index (χ0v) is 19.5. The normalized spacial score (nSPS) is 11.9. The molecule has 0 aliphatic carbocycles. The van der Waals surface area contributed by atoms with E-state index in [2.05, 4.69) is 130 Å². The molecule has 36 heavy (non-hydrogen) atoms. The van der Waals surface area contributed by atoms with E-state index in [9.17, 15) is 0 Å². The standard InChI is InChI=1S/C33H21N3/c1-2-11-23(12-3-1)35-27-16-8-5-13-24(27)32-29(35)19-20-30-33(32)25-14-6-9-17-28(25)36(30)31-21-18-22-10-4-7-15-26(22)34-31/h1-21H. The lowest BCUT2D eigenvalue weighted by Crippen LogP contribution is -1.97. The van der Waals surface area contributed by atoms with Crippen molar-refractivity contribution in [3.63, 3.8) is 0 Å². The van der Waals surface area contributed by atoms with Crippen LogP contribution in [-0.4, -0.2) is 14.1 Å². The van der Waals surface area contributed by atoms with Gasteiger partial charge in [-0.15, -0.1) is 0 Å². The lowest BCUT2D eigenvalue weighted by molar-refractivity contribution is 1.10. The highest BCUT2D eigenvalue weighted by Crippen LogP contribution is 2.42. The Bertz CT molecular complexity index is 2100. The van der Waals surface area contributed by atoms with Gasteiger partial charge in [-0.25, -0.2) is 4.98 Å². The lowest BCUT2D eigenvalue weighted by atomic mass is 10.1. The van der Waals surface area contributed by atoms with E-state index in [1.54, 1.807) is 0 Å². The zero-order valence-electron chi connectivity index (χ0n) is 19.5. The first-order valence-electron chi connectivity index (χ1n) is 12.3. The van der Waals surface area contributed by atoms with E-state index in [4.69, 9.17) is 4.98 Å². The van der Waals surface area contributed by atoms with Crippen LogP contribution in [0.2, 0.25) is 0 Å². The summed E-state index contributed by atoms with van der Waals surface area (Å²) in [6.07, 6.45) is 0. The Labute approximate surface area is 207 Å². The highest BCUT2D eigenvalue weighted by Gasteiger charge is 2.20. The first-order chi connectivity index (χ1) is 17.9. The number of aromatic nitrogens is 3. The molecular formula is C33H21N3. The molecule has 0 unspecified atom stereocenters. The molecule has 5 aromatic carbocycles. The molecule has 0 fully saturated rings. The van der Waals surface area contributed by atoms with Gasteiger partial charge in [-0.05, 0) is 54.6 Å². The number of rotatable bonds is 2. The summed E-state index contributed by atoms with van der Waals surface area (Å²) in [6.45, 7) is 0. The van der Waals surface area contributed by atoms with E-state index in [0.717, 1.165) is 16.7 Å². The molecule has 0 spiro atoms. The summed E-state index contributed by atoms with van der Waals surface area (Å²) in [5.41, 5.74) is 6.93. The van der Waals surface area contributed by atoms with E-state index in [1.807, 2.05) is 6.07 Å². The first kappa shape index (κ1) is 19.4. The molecule has 0 saturated heterocycles. The van der Waals surface area contributed by atoms with E-state index < -0.39 is 0 Å². The molecule has 0 amide bonds. The molecule has 168 valence electrons. The third-order valence-electron chi connectivity index (χ3n) is 7.30. The van der Waals surface area contributed by atoms with Crippen LogP contribution in [0.25, 0.3) is 66.0 Å². The van der Waals surface area contributed by atoms with Gasteiger partial charge >= 0.3 is 0 Å². The number of pyridine rings is 1. The monoisotopic (exact) mass is 459 g/mol. The Hall–Kier alpha value is -4.89. The van der Waals surface area contributed by atoms with Gasteiger partial charge in [-0.1, -0.05) is 72.8 Å². The Kier molecular flexibility index (Phi) is 3.94. The fourth-order valence-corrected chi connectivity index (χ4v) is 5.80. The number of hydrogen-bond donors (Lipinski definition) is 0. The van der Waals surface area contributed by atoms with Crippen molar-refractivity contribution in [2.75, 3.05) is 0 Å². The molecule has 0 bridgehead atoms. The van der Waals surface area contributed by atoms with Gasteiger partial charge in [0.05, 0.1) is 27.6 Å². The van der Waals surface area contributed by atoms with Crippen LogP contribution in [0.1, 0.15) is 0 Å². The maximum atomic E-state index is 5.07. The fourth-order valence-electron chi connectivity index (χ4n) is 5.80. The van der Waals surface area contributed by atoms with Gasteiger partial charge in [0, 0.05) is 32.6 Å². The highest BCUT2D eigenvalue weighted by molar-refractivity contribution is 6.28. The predicted octanol–water partition coefficient (Wildman–Crippen LogP) is 8.43. The van der Waals surface area contributed by atoms with Crippen molar-refractivity contribution in [3.05, 3.63) is 127 Å². The van der Waals surface area contributed by atoms with Crippen molar-refractivity contribution < 1.29 is 0 Å². The highest BCUT2D eigenvalue weighted by atomic mass is 15.1. The van der Waals surface area contributed by atoms with Gasteiger partial charge in [0.1, 0.15) is 5.82 Å². The number of nitrogens with zero attached hydrogens (tertiary/aromatic N) is 3. The second-order valence-electron chi connectivity index (χ2n) is 9.26. The Morgan fingerprint density at radius 3 is 1.75 bits per heavy atom. The third-order valence-corrected chi connectivity index (χ3v) is 7.30. The van der Waals surface area contributed by atoms with Crippen LogP contribution < -0.4 is 0 Å². The van der Waals surface area contributed by atoms with E-state index in [-0.39, 0.29) is 0 Å². The molecule has 3 nitrogen and oxygen atoms in total. The maximum absolute atomic E-state index is 5.07. The van der Waals surface area contributed by atoms with Gasteiger partial charge in [-0.2, -0.15) is 0 Å². The van der Waals surface area contributed by atoms with Gasteiger partial charge in [-0.3, -0.25) is 4.57 Å². The van der Waals surface area contributed by atoms with Crippen molar-refractivity contribution >= 4 is 54.5 Å². The molecule has 0 saturated carbocycles. The number of benzene rings is 5. The van der Waals surface area contributed by atoms with E-state index in [0.29, 0.717) is 0 Å². The van der Waals surface area contributed by atoms with Crippen LogP contribution in [0.3, 0.4) is 0 Å². The van der Waals surface area contributed by atoms with Crippen molar-refractivity contribution in [1.82, 2.24) is 14.1 Å². The minimum absolute atomic E-state index is 0.936. The second-order valence-corrected chi connectivity index (χ2v) is 9.26. The molecule has 3 heteroatoms. The molecule has 0 radical (unpaired) electrons. The van der Waals surface area contributed by atoms with Gasteiger partial charge in [0.25, 0.3) is 0 Å². The summed E-state index contributed by atoms with van der Waals surface area (Å²) in [6, 6.07) is 45.2. The third kappa shape index (κ3) is 2.60. The van der Waals surface area contributed by atoms with Crippen molar-refractivity contribution in [1.29, 1.82) is 0 Å². The SMILES string of the molecule is c1ccc(-n2c3ccccc3c3c4c5ccccc5n(-c5ccc6ccccc6n5)c4ccc32)cc1. The van der Waals surface area contributed by atoms with Crippen molar-refractivity contribution in [3.8, 4) is 11.5 Å². The van der Waals surface area contributed by atoms with Gasteiger partial charge in [0.2, 0.25) is 0 Å². The maximum Gasteiger partial charge on any atom is 0.138 e. The molecule has 0 aliphatic rings. The number of hydrogen-bond acceptors (Lipinski definition) is 1. The quantitative estimate of drug-likeness (QED) is 0.254. The molecule has 0 atom stereocenters. The van der Waals surface area contributed by atoms with Crippen molar-refractivity contribution in [2.45, 2.75) is 0 Å². The summed E-state index contributed by atoms with van der Waals surface area (Å²) in [7, 11) is 0. The lowest BCUT2D eigenvalue weighted by Gasteiger charge is -2.09. The minimum atomic E-state index is 0.936. The number of fused-ring (bicyclic) bond motifs is 8. The zero-order chi connectivity index (χ0) is 23.6. The second kappa shape index (κ2) is 7.30. The topological polar surface area (TPSA) is 22.8 Å². The molecule has 8 rings (SSSR count). The largest absolute Gasteiger partial charge is 0.309 e. The molecule has 0 N–H and O–H groups in total. The Balaban J connectivity index is 1.57. The van der Waals surface area contributed by atoms with Crippen LogP contribution in [0.4, 0.5) is 0 Å². The van der Waals surface area contributed by atoms with E-state index in [1.165, 1.54) is 49.3 Å². The average Bonchev–Trinajstić information content (AvgIpc) is 3.46. The predicted molar refractivity (Wildman–Crippen MR) is 150 cm³/mol. The Morgan fingerprint density at radius 1 is 0.417 bits per heavy atom. The molecule has 3 aromatic heterocycles. The molecule has 8 aromatic rings. The molecular weight excluding hydrogens is 438 g/mol. The number of para-hydroxylation sites is 4. The Morgan fingerprint density at radius 2 is 1.00 bits per heavy atom. The van der Waals surface area contributed by atoms with Crippen LogP contribution in [-0.2, 0) is 0 Å². The van der Waals surface area contributed by atoms with Gasteiger partial charge in [0.15, 0.2) is 0 Å². The average molecular weight is 460 g/mol. The summed E-state index contributed by atoms with van der Waals surface area (Å²) in [5, 5.41) is 6.20. The minimum Gasteiger partial charge on any atom is -0.309 e. The first-order valence-corrected chi connectivity index (χ1v) is 12.3. The smallest absolute Gasteiger partial charge is 0.138 e. The molecule has 3 heterocycles. The summed E-state index contributed by atoms with van der Waals surface area (Å²) < 4.78 is 4.69. The van der Waals surface area contributed by atoms with Crippen molar-refractivity contribution in [2.24, 2.45) is 0 Å². The summed E-state index contributed by atoms with van der Waals surface area (Å²) >= 11 is 0. The van der Waals surface area contributed by atoms with Crippen LogP contribution in [0, 0.1) is 0 Å².